The minimum absolute atomic E-state index is 0.255. The highest BCUT2D eigenvalue weighted by Crippen LogP contribution is 2.38. The van der Waals surface area contributed by atoms with Crippen LogP contribution in [0.1, 0.15) is 36.7 Å². The number of aliphatic hydroxyl groups is 1. The monoisotopic (exact) mass is 882 g/mol. The van der Waals surface area contributed by atoms with Gasteiger partial charge >= 0.3 is 0 Å². The summed E-state index contributed by atoms with van der Waals surface area (Å²) in [5, 5.41) is 25.8. The first-order valence-corrected chi connectivity index (χ1v) is 21.5. The maximum absolute atomic E-state index is 13.6. The third-order valence-corrected chi connectivity index (χ3v) is 10.3. The van der Waals surface area contributed by atoms with Crippen LogP contribution in [-0.2, 0) is 24.4 Å². The second-order valence-corrected chi connectivity index (χ2v) is 16.0. The first kappa shape index (κ1) is 47.6. The van der Waals surface area contributed by atoms with Crippen LogP contribution in [0, 0.1) is 0 Å². The van der Waals surface area contributed by atoms with Gasteiger partial charge in [0.2, 0.25) is 6.35 Å². The van der Waals surface area contributed by atoms with Crippen LogP contribution in [0.15, 0.2) is 85.1 Å². The molecule has 4 aromatic carbocycles. The second-order valence-electron chi connectivity index (χ2n) is 16.0. The predicted octanol–water partition coefficient (Wildman–Crippen LogP) is 7.01. The lowest BCUT2D eigenvalue weighted by Crippen LogP contribution is -2.41. The lowest BCUT2D eigenvalue weighted by atomic mass is 9.85. The van der Waals surface area contributed by atoms with Gasteiger partial charge in [-0.05, 0) is 41.3 Å². The molecule has 0 saturated carbocycles. The zero-order chi connectivity index (χ0) is 45.3. The van der Waals surface area contributed by atoms with Crippen molar-refractivity contribution < 1.29 is 47.8 Å². The van der Waals surface area contributed by atoms with E-state index in [-0.39, 0.29) is 11.3 Å². The van der Waals surface area contributed by atoms with Gasteiger partial charge in [-0.3, -0.25) is 9.69 Å². The molecule has 5 N–H and O–H groups in total. The Morgan fingerprint density at radius 2 is 1.52 bits per heavy atom. The Morgan fingerprint density at radius 3 is 2.25 bits per heavy atom. The molecule has 1 amide bonds. The van der Waals surface area contributed by atoms with Crippen molar-refractivity contribution in [3.63, 3.8) is 0 Å². The van der Waals surface area contributed by atoms with Gasteiger partial charge in [-0.15, -0.1) is 0 Å². The summed E-state index contributed by atoms with van der Waals surface area (Å²) in [6, 6.07) is 24.3. The van der Waals surface area contributed by atoms with Crippen LogP contribution in [-0.4, -0.2) is 128 Å². The van der Waals surface area contributed by atoms with Crippen molar-refractivity contribution in [2.24, 2.45) is 0 Å². The number of ether oxygens (including phenoxy) is 8. The first-order chi connectivity index (χ1) is 31.0. The largest absolute Gasteiger partial charge is 0.497 e. The van der Waals surface area contributed by atoms with E-state index in [0.717, 1.165) is 36.0 Å². The van der Waals surface area contributed by atoms with Crippen LogP contribution in [0.3, 0.4) is 0 Å². The number of rotatable bonds is 24. The maximum Gasteiger partial charge on any atom is 0.255 e. The van der Waals surface area contributed by atoms with Crippen LogP contribution < -0.4 is 40.2 Å². The average molecular weight is 883 g/mol. The number of fused-ring (bicyclic) bond motifs is 1. The SMILES string of the molecule is COCCOCCOCCOc1cc(Nc2cc(Oc3ccc(NC(O)Nc4cc(C(C)(C)C)cc(C(=O)NCCN5CCOCC5)c4OC)c4ccccc34)ccn2)cc(OC)c1. The number of methoxy groups -OCH3 is 3. The molecule has 0 aliphatic carbocycles. The number of carbonyl (C=O) groups is 1. The van der Waals surface area contributed by atoms with Crippen molar-refractivity contribution in [2.45, 2.75) is 32.5 Å². The van der Waals surface area contributed by atoms with E-state index in [4.69, 9.17) is 37.9 Å². The van der Waals surface area contributed by atoms with Gasteiger partial charge in [0, 0.05) is 85.9 Å². The molecule has 6 rings (SSSR count). The number of aliphatic hydroxyl groups excluding tert-OH is 1. The van der Waals surface area contributed by atoms with Crippen LogP contribution in [0.4, 0.5) is 22.9 Å². The lowest BCUT2D eigenvalue weighted by molar-refractivity contribution is 0.0179. The molecule has 1 aliphatic rings. The molecule has 1 aliphatic heterocycles. The van der Waals surface area contributed by atoms with Crippen molar-refractivity contribution in [3.8, 4) is 28.7 Å². The number of hydrogen-bond donors (Lipinski definition) is 5. The quantitative estimate of drug-likeness (QED) is 0.0316. The Kier molecular flexibility index (Phi) is 17.6. The topological polar surface area (TPSA) is 175 Å². The van der Waals surface area contributed by atoms with Crippen molar-refractivity contribution in [1.29, 1.82) is 0 Å². The summed E-state index contributed by atoms with van der Waals surface area (Å²) in [6.07, 6.45) is 0.396. The number of nitrogens with zero attached hydrogens (tertiary/aromatic N) is 2. The summed E-state index contributed by atoms with van der Waals surface area (Å²) in [5.74, 6) is 3.00. The lowest BCUT2D eigenvalue weighted by Gasteiger charge is -2.27. The Hall–Kier alpha value is -5.88. The van der Waals surface area contributed by atoms with Gasteiger partial charge in [-0.1, -0.05) is 45.0 Å². The van der Waals surface area contributed by atoms with Gasteiger partial charge in [0.05, 0.1) is 71.7 Å². The van der Waals surface area contributed by atoms with Crippen LogP contribution >= 0.6 is 0 Å². The minimum Gasteiger partial charge on any atom is -0.497 e. The van der Waals surface area contributed by atoms with Gasteiger partial charge < -0.3 is 64.3 Å². The summed E-state index contributed by atoms with van der Waals surface area (Å²) in [6.45, 7) is 13.2. The van der Waals surface area contributed by atoms with E-state index in [1.807, 2.05) is 60.7 Å². The molecule has 0 bridgehead atoms. The fourth-order valence-corrected chi connectivity index (χ4v) is 6.97. The maximum atomic E-state index is 13.6. The Morgan fingerprint density at radius 1 is 0.797 bits per heavy atom. The van der Waals surface area contributed by atoms with Crippen molar-refractivity contribution in [1.82, 2.24) is 15.2 Å². The highest BCUT2D eigenvalue weighted by atomic mass is 16.6. The molecular formula is C48H62N6O10. The third-order valence-electron chi connectivity index (χ3n) is 10.3. The molecule has 0 radical (unpaired) electrons. The smallest absolute Gasteiger partial charge is 0.255 e. The Bertz CT molecular complexity index is 2270. The molecule has 0 spiro atoms. The summed E-state index contributed by atoms with van der Waals surface area (Å²) in [5.41, 5.74) is 2.82. The van der Waals surface area contributed by atoms with E-state index in [2.05, 4.69) is 51.9 Å². The summed E-state index contributed by atoms with van der Waals surface area (Å²) in [7, 11) is 4.75. The van der Waals surface area contributed by atoms with Gasteiger partial charge in [-0.2, -0.15) is 0 Å². The van der Waals surface area contributed by atoms with Crippen molar-refractivity contribution in [2.75, 3.05) is 116 Å². The summed E-state index contributed by atoms with van der Waals surface area (Å²) >= 11 is 0. The van der Waals surface area contributed by atoms with Crippen molar-refractivity contribution >= 4 is 39.6 Å². The van der Waals surface area contributed by atoms with Gasteiger partial charge in [-0.25, -0.2) is 4.98 Å². The van der Waals surface area contributed by atoms with Gasteiger partial charge in [0.1, 0.15) is 35.4 Å². The number of hydrogen-bond acceptors (Lipinski definition) is 15. The molecule has 1 aromatic heterocycles. The number of carbonyl (C=O) groups excluding carboxylic acids is 1. The number of benzene rings is 4. The standard InChI is InChI=1S/C48H62N6O10/c1-48(2,3)33-27-40(46(55)50-15-16-54-17-19-60-20-18-54)45(59-6)42(28-33)53-47(56)52-41-11-12-43(39-10-8-7-9-38(39)41)64-35-13-14-49-44(32-35)51-34-29-36(58-5)31-37(30-34)63-26-25-62-24-23-61-22-21-57-4/h7-14,27-32,47,52-53,56H,15-26H2,1-6H3,(H,49,51)(H,50,55). The fourth-order valence-electron chi connectivity index (χ4n) is 6.97. The highest BCUT2D eigenvalue weighted by Gasteiger charge is 2.24. The van der Waals surface area contributed by atoms with Gasteiger partial charge in [0.25, 0.3) is 5.91 Å². The minimum atomic E-state index is -1.27. The molecule has 16 heteroatoms. The predicted molar refractivity (Wildman–Crippen MR) is 248 cm³/mol. The Balaban J connectivity index is 1.11. The van der Waals surface area contributed by atoms with Crippen molar-refractivity contribution in [3.05, 3.63) is 96.2 Å². The molecule has 64 heavy (non-hydrogen) atoms. The number of anilines is 4. The van der Waals surface area contributed by atoms with E-state index < -0.39 is 6.35 Å². The average Bonchev–Trinajstić information content (AvgIpc) is 3.29. The zero-order valence-electron chi connectivity index (χ0n) is 37.7. The summed E-state index contributed by atoms with van der Waals surface area (Å²) in [4.78, 5) is 20.4. The molecule has 16 nitrogen and oxygen atoms in total. The number of nitrogens with one attached hydrogen (secondary N) is 4. The molecule has 2 heterocycles. The molecule has 344 valence electrons. The number of pyridine rings is 1. The number of morpholine rings is 1. The molecular weight excluding hydrogens is 821 g/mol. The van der Waals surface area contributed by atoms with E-state index in [1.54, 1.807) is 38.6 Å². The fraction of sp³-hybridized carbons (Fsp3) is 0.417. The molecule has 1 unspecified atom stereocenters. The summed E-state index contributed by atoms with van der Waals surface area (Å²) < 4.78 is 45.2. The zero-order valence-corrected chi connectivity index (χ0v) is 37.7. The van der Waals surface area contributed by atoms with E-state index >= 15 is 0 Å². The molecule has 1 fully saturated rings. The number of aromatic nitrogens is 1. The third kappa shape index (κ3) is 13.8. The molecule has 1 saturated heterocycles. The van der Waals surface area contributed by atoms with Crippen LogP contribution in [0.5, 0.6) is 28.7 Å². The highest BCUT2D eigenvalue weighted by molar-refractivity contribution is 6.00. The van der Waals surface area contributed by atoms with E-state index in [1.165, 1.54) is 7.11 Å². The Labute approximate surface area is 375 Å². The van der Waals surface area contributed by atoms with Gasteiger partial charge in [0.15, 0.2) is 5.75 Å². The van der Waals surface area contributed by atoms with Crippen LogP contribution in [0.2, 0.25) is 0 Å². The molecule has 5 aromatic rings. The van der Waals surface area contributed by atoms with Crippen LogP contribution in [0.25, 0.3) is 10.8 Å². The normalized spacial score (nSPS) is 13.5. The van der Waals surface area contributed by atoms with E-state index in [9.17, 15) is 9.90 Å². The molecule has 1 atom stereocenters. The first-order valence-electron chi connectivity index (χ1n) is 21.5. The van der Waals surface area contributed by atoms with E-state index in [0.29, 0.717) is 117 Å². The second kappa shape index (κ2) is 23.7. The number of amides is 1.